The van der Waals surface area contributed by atoms with E-state index in [-0.39, 0.29) is 5.56 Å². The Bertz CT molecular complexity index is 302. The van der Waals surface area contributed by atoms with Gasteiger partial charge in [-0.25, -0.2) is 8.78 Å². The molecule has 0 aromatic heterocycles. The van der Waals surface area contributed by atoms with Crippen molar-refractivity contribution < 1.29 is 8.78 Å². The Balaban J connectivity index is 2.89. The van der Waals surface area contributed by atoms with Crippen molar-refractivity contribution in [3.63, 3.8) is 0 Å². The van der Waals surface area contributed by atoms with Gasteiger partial charge in [0, 0.05) is 15.8 Å². The van der Waals surface area contributed by atoms with Crippen LogP contribution in [0.4, 0.5) is 8.78 Å². The highest BCUT2D eigenvalue weighted by Crippen LogP contribution is 2.28. The lowest BCUT2D eigenvalue weighted by atomic mass is 10.1. The summed E-state index contributed by atoms with van der Waals surface area (Å²) in [5.41, 5.74) is 0.922. The largest absolute Gasteiger partial charge is 0.264 e. The summed E-state index contributed by atoms with van der Waals surface area (Å²) in [4.78, 5) is 0.434. The molecule has 0 aliphatic carbocycles. The topological polar surface area (TPSA) is 0 Å². The summed E-state index contributed by atoms with van der Waals surface area (Å²) in [6.45, 7) is 0. The van der Waals surface area contributed by atoms with Crippen molar-refractivity contribution in [1.29, 1.82) is 0 Å². The first-order valence-corrected chi connectivity index (χ1v) is 5.88. The number of benzene rings is 1. The molecule has 4 heteroatoms. The molecule has 0 spiro atoms. The highest BCUT2D eigenvalue weighted by Gasteiger charge is 2.12. The van der Waals surface area contributed by atoms with Crippen LogP contribution in [0.3, 0.4) is 0 Å². The molecule has 1 aromatic rings. The molecule has 14 heavy (non-hydrogen) atoms. The second-order valence-electron chi connectivity index (χ2n) is 2.95. The quantitative estimate of drug-likeness (QED) is 0.619. The zero-order chi connectivity index (χ0) is 10.6. The molecule has 0 aliphatic heterocycles. The minimum atomic E-state index is -2.44. The SMILES string of the molecule is FC(F)c1cccc(CCCBr)c1S. The number of aryl methyl sites for hydroxylation is 1. The highest BCUT2D eigenvalue weighted by atomic mass is 79.9. The standard InChI is InChI=1S/C10H11BrF2S/c11-6-2-4-7-3-1-5-8(9(7)14)10(12)13/h1,3,5,10,14H,2,4,6H2. The Morgan fingerprint density at radius 3 is 2.64 bits per heavy atom. The van der Waals surface area contributed by atoms with E-state index in [0.29, 0.717) is 4.90 Å². The van der Waals surface area contributed by atoms with Crippen LogP contribution < -0.4 is 0 Å². The van der Waals surface area contributed by atoms with Gasteiger partial charge in [-0.1, -0.05) is 34.1 Å². The first-order valence-electron chi connectivity index (χ1n) is 4.31. The van der Waals surface area contributed by atoms with Crippen LogP contribution in [0.5, 0.6) is 0 Å². The zero-order valence-corrected chi connectivity index (χ0v) is 9.99. The molecule has 1 aromatic carbocycles. The van der Waals surface area contributed by atoms with E-state index in [4.69, 9.17) is 0 Å². The normalized spacial score (nSPS) is 10.9. The number of hydrogen-bond donors (Lipinski definition) is 1. The smallest absolute Gasteiger partial charge is 0.205 e. The zero-order valence-electron chi connectivity index (χ0n) is 7.51. The van der Waals surface area contributed by atoms with E-state index in [0.717, 1.165) is 23.7 Å². The summed E-state index contributed by atoms with van der Waals surface area (Å²) in [6.07, 6.45) is -0.725. The van der Waals surface area contributed by atoms with E-state index in [1.165, 1.54) is 6.07 Å². The summed E-state index contributed by atoms with van der Waals surface area (Å²) >= 11 is 7.43. The third kappa shape index (κ3) is 2.95. The molecular formula is C10H11BrF2S. The molecule has 78 valence electrons. The number of alkyl halides is 3. The molecule has 0 atom stereocenters. The van der Waals surface area contributed by atoms with Crippen LogP contribution in [0.2, 0.25) is 0 Å². The molecule has 0 saturated carbocycles. The Morgan fingerprint density at radius 2 is 2.07 bits per heavy atom. The molecule has 0 heterocycles. The Hall–Kier alpha value is -0.0900. The van der Waals surface area contributed by atoms with Gasteiger partial charge in [-0.2, -0.15) is 0 Å². The maximum atomic E-state index is 12.5. The minimum Gasteiger partial charge on any atom is -0.205 e. The molecule has 0 saturated heterocycles. The first kappa shape index (κ1) is 12.0. The van der Waals surface area contributed by atoms with Crippen LogP contribution in [0.25, 0.3) is 0 Å². The van der Waals surface area contributed by atoms with Gasteiger partial charge in [0.15, 0.2) is 0 Å². The van der Waals surface area contributed by atoms with Gasteiger partial charge in [-0.3, -0.25) is 0 Å². The van der Waals surface area contributed by atoms with Crippen LogP contribution in [-0.2, 0) is 6.42 Å². The molecular weight excluding hydrogens is 270 g/mol. The number of thiol groups is 1. The lowest BCUT2D eigenvalue weighted by Crippen LogP contribution is -1.94. The lowest BCUT2D eigenvalue weighted by molar-refractivity contribution is 0.148. The van der Waals surface area contributed by atoms with E-state index >= 15 is 0 Å². The fraction of sp³-hybridized carbons (Fsp3) is 0.400. The molecule has 1 rings (SSSR count). The van der Waals surface area contributed by atoms with E-state index < -0.39 is 6.43 Å². The maximum absolute atomic E-state index is 12.5. The summed E-state index contributed by atoms with van der Waals surface area (Å²) in [5, 5.41) is 0.874. The molecule has 0 unspecified atom stereocenters. The van der Waals surface area contributed by atoms with E-state index in [1.807, 2.05) is 6.07 Å². The number of rotatable bonds is 4. The predicted molar refractivity (Wildman–Crippen MR) is 60.8 cm³/mol. The van der Waals surface area contributed by atoms with Gasteiger partial charge < -0.3 is 0 Å². The summed E-state index contributed by atoms with van der Waals surface area (Å²) in [6, 6.07) is 4.92. The molecule has 0 aliphatic rings. The van der Waals surface area contributed by atoms with Crippen molar-refractivity contribution in [2.75, 3.05) is 5.33 Å². The van der Waals surface area contributed by atoms with Gasteiger partial charge in [-0.05, 0) is 18.4 Å². The van der Waals surface area contributed by atoms with Gasteiger partial charge >= 0.3 is 0 Å². The molecule has 0 N–H and O–H groups in total. The van der Waals surface area contributed by atoms with Gasteiger partial charge in [0.1, 0.15) is 0 Å². The fourth-order valence-electron chi connectivity index (χ4n) is 1.25. The molecule has 0 bridgehead atoms. The molecule has 0 fully saturated rings. The third-order valence-electron chi connectivity index (χ3n) is 1.97. The van der Waals surface area contributed by atoms with Crippen LogP contribution >= 0.6 is 28.6 Å². The first-order chi connectivity index (χ1) is 6.66. The van der Waals surface area contributed by atoms with E-state index in [9.17, 15) is 8.78 Å². The predicted octanol–water partition coefficient (Wildman–Crippen LogP) is 4.24. The van der Waals surface area contributed by atoms with Gasteiger partial charge in [0.25, 0.3) is 6.43 Å². The second kappa shape index (κ2) is 5.71. The average molecular weight is 281 g/mol. The van der Waals surface area contributed by atoms with Crippen molar-refractivity contribution in [2.24, 2.45) is 0 Å². The van der Waals surface area contributed by atoms with Crippen LogP contribution in [-0.4, -0.2) is 5.33 Å². The molecule has 0 nitrogen and oxygen atoms in total. The van der Waals surface area contributed by atoms with E-state index in [2.05, 4.69) is 28.6 Å². The fourth-order valence-corrected chi connectivity index (χ4v) is 1.89. The Labute approximate surface area is 96.2 Å². The third-order valence-corrected chi connectivity index (χ3v) is 3.07. The van der Waals surface area contributed by atoms with Crippen molar-refractivity contribution in [3.05, 3.63) is 29.3 Å². The van der Waals surface area contributed by atoms with Gasteiger partial charge in [0.05, 0.1) is 0 Å². The van der Waals surface area contributed by atoms with Gasteiger partial charge in [0.2, 0.25) is 0 Å². The highest BCUT2D eigenvalue weighted by molar-refractivity contribution is 9.09. The lowest BCUT2D eigenvalue weighted by Gasteiger charge is -2.08. The van der Waals surface area contributed by atoms with Crippen LogP contribution in [0.15, 0.2) is 23.1 Å². The Kier molecular flexibility index (Phi) is 4.89. The number of hydrogen-bond acceptors (Lipinski definition) is 1. The summed E-state index contributed by atoms with van der Waals surface area (Å²) in [7, 11) is 0. The minimum absolute atomic E-state index is 0.0282. The van der Waals surface area contributed by atoms with Crippen molar-refractivity contribution >= 4 is 28.6 Å². The monoisotopic (exact) mass is 280 g/mol. The number of halogens is 3. The average Bonchev–Trinajstić information content (AvgIpc) is 2.16. The molecule has 0 radical (unpaired) electrons. The van der Waals surface area contributed by atoms with Gasteiger partial charge in [-0.15, -0.1) is 12.6 Å². The Morgan fingerprint density at radius 1 is 1.36 bits per heavy atom. The van der Waals surface area contributed by atoms with Crippen LogP contribution in [0, 0.1) is 0 Å². The molecule has 0 amide bonds. The summed E-state index contributed by atoms with van der Waals surface area (Å²) < 4.78 is 24.9. The van der Waals surface area contributed by atoms with E-state index in [1.54, 1.807) is 6.07 Å². The summed E-state index contributed by atoms with van der Waals surface area (Å²) in [5.74, 6) is 0. The van der Waals surface area contributed by atoms with Crippen LogP contribution in [0.1, 0.15) is 24.0 Å². The maximum Gasteiger partial charge on any atom is 0.264 e. The van der Waals surface area contributed by atoms with Crippen molar-refractivity contribution in [3.8, 4) is 0 Å². The van der Waals surface area contributed by atoms with Crippen molar-refractivity contribution in [2.45, 2.75) is 24.2 Å². The second-order valence-corrected chi connectivity index (χ2v) is 4.19. The van der Waals surface area contributed by atoms with Crippen molar-refractivity contribution in [1.82, 2.24) is 0 Å².